The second-order valence-corrected chi connectivity index (χ2v) is 5.39. The van der Waals surface area contributed by atoms with E-state index in [1.165, 1.54) is 0 Å². The third-order valence-corrected chi connectivity index (χ3v) is 3.97. The number of hydrogen-bond donors (Lipinski definition) is 1. The second-order valence-electron chi connectivity index (χ2n) is 5.39. The predicted molar refractivity (Wildman–Crippen MR) is 92.1 cm³/mol. The molecule has 2 heteroatoms. The minimum atomic E-state index is -0.125. The van der Waals surface area contributed by atoms with Crippen molar-refractivity contribution in [3.63, 3.8) is 0 Å². The number of rotatable bonds is 4. The van der Waals surface area contributed by atoms with Crippen LogP contribution in [0, 0.1) is 0 Å². The highest BCUT2D eigenvalue weighted by molar-refractivity contribution is 6.04. The van der Waals surface area contributed by atoms with Crippen LogP contribution >= 0.6 is 0 Å². The molecule has 0 unspecified atom stereocenters. The Bertz CT molecular complexity index is 775. The largest absolute Gasteiger partial charge is 0.325 e. The molecule has 3 rings (SSSR count). The van der Waals surface area contributed by atoms with Crippen molar-refractivity contribution in [2.75, 3.05) is 5.32 Å². The van der Waals surface area contributed by atoms with E-state index in [9.17, 15) is 4.79 Å². The molecule has 0 aliphatic rings. The van der Waals surface area contributed by atoms with Crippen molar-refractivity contribution in [1.82, 2.24) is 0 Å². The summed E-state index contributed by atoms with van der Waals surface area (Å²) in [4.78, 5) is 12.7. The minimum Gasteiger partial charge on any atom is -0.325 e. The normalized spacial score (nSPS) is 12.0. The minimum absolute atomic E-state index is 0.0463. The molecule has 0 bridgehead atoms. The number of fused-ring (bicyclic) bond motifs is 1. The van der Waals surface area contributed by atoms with Gasteiger partial charge in [0.2, 0.25) is 5.91 Å². The van der Waals surface area contributed by atoms with Crippen LogP contribution in [-0.4, -0.2) is 5.91 Å². The van der Waals surface area contributed by atoms with E-state index in [1.54, 1.807) is 0 Å². The lowest BCUT2D eigenvalue weighted by atomic mass is 9.95. The SMILES string of the molecule is CC[C@H](C(=O)Nc1cccc2ccccc12)c1ccccc1. The van der Waals surface area contributed by atoms with Gasteiger partial charge in [-0.25, -0.2) is 0 Å². The highest BCUT2D eigenvalue weighted by Gasteiger charge is 2.18. The first-order chi connectivity index (χ1) is 10.8. The Morgan fingerprint density at radius 2 is 1.59 bits per heavy atom. The maximum Gasteiger partial charge on any atom is 0.231 e. The molecule has 1 amide bonds. The van der Waals surface area contributed by atoms with Crippen LogP contribution in [0.2, 0.25) is 0 Å². The van der Waals surface area contributed by atoms with Crippen molar-refractivity contribution in [3.05, 3.63) is 78.4 Å². The summed E-state index contributed by atoms with van der Waals surface area (Å²) in [5.74, 6) is -0.0785. The molecule has 110 valence electrons. The first-order valence-corrected chi connectivity index (χ1v) is 7.63. The highest BCUT2D eigenvalue weighted by atomic mass is 16.1. The maximum absolute atomic E-state index is 12.7. The lowest BCUT2D eigenvalue weighted by Gasteiger charge is -2.16. The van der Waals surface area contributed by atoms with Gasteiger partial charge in [0.25, 0.3) is 0 Å². The van der Waals surface area contributed by atoms with Gasteiger partial charge >= 0.3 is 0 Å². The van der Waals surface area contributed by atoms with E-state index in [-0.39, 0.29) is 11.8 Å². The van der Waals surface area contributed by atoms with E-state index in [0.29, 0.717) is 0 Å². The van der Waals surface area contributed by atoms with Gasteiger partial charge in [0.1, 0.15) is 0 Å². The zero-order valence-corrected chi connectivity index (χ0v) is 12.6. The molecule has 1 N–H and O–H groups in total. The van der Waals surface area contributed by atoms with Crippen molar-refractivity contribution in [2.24, 2.45) is 0 Å². The standard InChI is InChI=1S/C20H19NO/c1-2-17(15-9-4-3-5-10-15)20(22)21-19-14-8-12-16-11-6-7-13-18(16)19/h3-14,17H,2H2,1H3,(H,21,22)/t17-/m0/s1. The fourth-order valence-electron chi connectivity index (χ4n) is 2.81. The van der Waals surface area contributed by atoms with Crippen LogP contribution in [0.3, 0.4) is 0 Å². The molecule has 1 atom stereocenters. The molecule has 0 aromatic heterocycles. The van der Waals surface area contributed by atoms with Gasteiger partial charge in [0.05, 0.1) is 5.92 Å². The lowest BCUT2D eigenvalue weighted by molar-refractivity contribution is -0.117. The number of anilines is 1. The van der Waals surface area contributed by atoms with Gasteiger partial charge in [0, 0.05) is 11.1 Å². The van der Waals surface area contributed by atoms with Crippen LogP contribution in [0.15, 0.2) is 72.8 Å². The van der Waals surface area contributed by atoms with Crippen molar-refractivity contribution in [2.45, 2.75) is 19.3 Å². The van der Waals surface area contributed by atoms with Gasteiger partial charge < -0.3 is 5.32 Å². The van der Waals surface area contributed by atoms with Crippen LogP contribution in [-0.2, 0) is 4.79 Å². The van der Waals surface area contributed by atoms with Gasteiger partial charge in [-0.2, -0.15) is 0 Å². The summed E-state index contributed by atoms with van der Waals surface area (Å²) in [6, 6.07) is 24.0. The molecule has 3 aromatic rings. The van der Waals surface area contributed by atoms with Crippen molar-refractivity contribution < 1.29 is 4.79 Å². The Balaban J connectivity index is 1.89. The van der Waals surface area contributed by atoms with E-state index in [2.05, 4.69) is 17.4 Å². The zero-order valence-electron chi connectivity index (χ0n) is 12.6. The molecule has 3 aromatic carbocycles. The molecule has 0 fully saturated rings. The molecule has 0 radical (unpaired) electrons. The third kappa shape index (κ3) is 2.86. The number of hydrogen-bond acceptors (Lipinski definition) is 1. The molecule has 22 heavy (non-hydrogen) atoms. The quantitative estimate of drug-likeness (QED) is 0.721. The van der Waals surface area contributed by atoms with E-state index < -0.39 is 0 Å². The zero-order chi connectivity index (χ0) is 15.4. The van der Waals surface area contributed by atoms with Gasteiger partial charge in [-0.15, -0.1) is 0 Å². The van der Waals surface area contributed by atoms with Crippen LogP contribution in [0.25, 0.3) is 10.8 Å². The van der Waals surface area contributed by atoms with E-state index in [1.807, 2.05) is 67.6 Å². The summed E-state index contributed by atoms with van der Waals surface area (Å²) >= 11 is 0. The Morgan fingerprint density at radius 1 is 0.909 bits per heavy atom. The number of amides is 1. The summed E-state index contributed by atoms with van der Waals surface area (Å²) in [7, 11) is 0. The summed E-state index contributed by atoms with van der Waals surface area (Å²) in [5.41, 5.74) is 1.93. The Kier molecular flexibility index (Phi) is 4.19. The van der Waals surface area contributed by atoms with Crippen molar-refractivity contribution in [3.8, 4) is 0 Å². The average molecular weight is 289 g/mol. The van der Waals surface area contributed by atoms with Gasteiger partial charge in [-0.1, -0.05) is 73.7 Å². The first-order valence-electron chi connectivity index (χ1n) is 7.63. The van der Waals surface area contributed by atoms with E-state index in [0.717, 1.165) is 28.4 Å². The molecule has 0 aliphatic heterocycles. The Morgan fingerprint density at radius 3 is 2.36 bits per heavy atom. The molecule has 0 aliphatic carbocycles. The maximum atomic E-state index is 12.7. The van der Waals surface area contributed by atoms with Gasteiger partial charge in [-0.3, -0.25) is 4.79 Å². The summed E-state index contributed by atoms with van der Waals surface area (Å²) in [6.45, 7) is 2.04. The molecule has 0 heterocycles. The van der Waals surface area contributed by atoms with Crippen LogP contribution < -0.4 is 5.32 Å². The fraction of sp³-hybridized carbons (Fsp3) is 0.150. The third-order valence-electron chi connectivity index (χ3n) is 3.97. The lowest BCUT2D eigenvalue weighted by Crippen LogP contribution is -2.20. The smallest absolute Gasteiger partial charge is 0.231 e. The van der Waals surface area contributed by atoms with Crippen molar-refractivity contribution in [1.29, 1.82) is 0 Å². The summed E-state index contributed by atoms with van der Waals surface area (Å²) < 4.78 is 0. The first kappa shape index (κ1) is 14.3. The Labute approximate surface area is 130 Å². The summed E-state index contributed by atoms with van der Waals surface area (Å²) in [5, 5.41) is 5.30. The highest BCUT2D eigenvalue weighted by Crippen LogP contribution is 2.26. The molecule has 0 saturated carbocycles. The molecular weight excluding hydrogens is 270 g/mol. The van der Waals surface area contributed by atoms with Crippen LogP contribution in [0.5, 0.6) is 0 Å². The monoisotopic (exact) mass is 289 g/mol. The van der Waals surface area contributed by atoms with Crippen LogP contribution in [0.4, 0.5) is 5.69 Å². The topological polar surface area (TPSA) is 29.1 Å². The number of nitrogens with one attached hydrogen (secondary N) is 1. The second kappa shape index (κ2) is 6.44. The van der Waals surface area contributed by atoms with E-state index >= 15 is 0 Å². The fourth-order valence-corrected chi connectivity index (χ4v) is 2.81. The molecular formula is C20H19NO. The number of carbonyl (C=O) groups is 1. The predicted octanol–water partition coefficient (Wildman–Crippen LogP) is 4.97. The summed E-state index contributed by atoms with van der Waals surface area (Å²) in [6.07, 6.45) is 0.778. The average Bonchev–Trinajstić information content (AvgIpc) is 2.57. The number of benzene rings is 3. The molecule has 2 nitrogen and oxygen atoms in total. The molecule has 0 saturated heterocycles. The Hall–Kier alpha value is -2.61. The van der Waals surface area contributed by atoms with E-state index in [4.69, 9.17) is 0 Å². The van der Waals surface area contributed by atoms with Gasteiger partial charge in [-0.05, 0) is 23.4 Å². The number of carbonyl (C=O) groups excluding carboxylic acids is 1. The van der Waals surface area contributed by atoms with Gasteiger partial charge in [0.15, 0.2) is 0 Å². The molecule has 0 spiro atoms. The van der Waals surface area contributed by atoms with Crippen molar-refractivity contribution >= 4 is 22.4 Å². The van der Waals surface area contributed by atoms with Crippen LogP contribution in [0.1, 0.15) is 24.8 Å².